The van der Waals surface area contributed by atoms with E-state index in [4.69, 9.17) is 14.1 Å². The summed E-state index contributed by atoms with van der Waals surface area (Å²) in [6.45, 7) is 5.63. The van der Waals surface area contributed by atoms with Crippen LogP contribution in [0.15, 0.2) is 63.1 Å². The second-order valence-corrected chi connectivity index (χ2v) is 11.2. The number of furan rings is 1. The summed E-state index contributed by atoms with van der Waals surface area (Å²) in [4.78, 5) is 33.1. The lowest BCUT2D eigenvalue weighted by molar-refractivity contribution is -0.118. The third-order valence-electron chi connectivity index (χ3n) is 6.38. The molecule has 188 valence electrons. The maximum atomic E-state index is 13.9. The van der Waals surface area contributed by atoms with Crippen molar-refractivity contribution in [1.82, 2.24) is 14.9 Å². The van der Waals surface area contributed by atoms with Gasteiger partial charge < -0.3 is 14.5 Å². The molecule has 0 radical (unpaired) electrons. The van der Waals surface area contributed by atoms with Crippen LogP contribution in [0.1, 0.15) is 35.6 Å². The molecule has 36 heavy (non-hydrogen) atoms. The van der Waals surface area contributed by atoms with E-state index in [0.717, 1.165) is 27.3 Å². The smallest absolute Gasteiger partial charge is 0.263 e. The molecular weight excluding hydrogens is 494 g/mol. The summed E-state index contributed by atoms with van der Waals surface area (Å²) >= 11 is 2.82. The lowest BCUT2D eigenvalue weighted by Gasteiger charge is -2.26. The minimum absolute atomic E-state index is 0.0312. The second-order valence-electron chi connectivity index (χ2n) is 9.21. The first kappa shape index (κ1) is 24.8. The van der Waals surface area contributed by atoms with Crippen LogP contribution in [0.3, 0.4) is 0 Å². The number of rotatable bonds is 9. The second kappa shape index (κ2) is 11.0. The first-order valence-corrected chi connectivity index (χ1v) is 13.9. The van der Waals surface area contributed by atoms with E-state index in [1.165, 1.54) is 23.1 Å². The maximum Gasteiger partial charge on any atom is 0.263 e. The molecule has 5 rings (SSSR count). The number of amides is 1. The van der Waals surface area contributed by atoms with Gasteiger partial charge in [0.1, 0.15) is 10.6 Å². The van der Waals surface area contributed by atoms with Gasteiger partial charge in [-0.05, 0) is 35.6 Å². The minimum atomic E-state index is -0.140. The average Bonchev–Trinajstić information content (AvgIpc) is 3.53. The maximum absolute atomic E-state index is 13.9. The number of carbonyl (C=O) groups is 1. The van der Waals surface area contributed by atoms with Gasteiger partial charge in [-0.15, -0.1) is 11.3 Å². The molecule has 0 spiro atoms. The van der Waals surface area contributed by atoms with Crippen molar-refractivity contribution in [2.75, 3.05) is 5.75 Å². The predicted molar refractivity (Wildman–Crippen MR) is 142 cm³/mol. The Hall–Kier alpha value is -2.88. The molecule has 1 aliphatic rings. The topological polar surface area (TPSA) is 86.4 Å². The van der Waals surface area contributed by atoms with Gasteiger partial charge in [0.25, 0.3) is 5.56 Å². The highest BCUT2D eigenvalue weighted by Crippen LogP contribution is 2.36. The third kappa shape index (κ3) is 5.43. The predicted octanol–water partition coefficient (Wildman–Crippen LogP) is 4.80. The Balaban J connectivity index is 1.43. The van der Waals surface area contributed by atoms with E-state index in [1.807, 2.05) is 24.3 Å². The van der Waals surface area contributed by atoms with Gasteiger partial charge in [-0.3, -0.25) is 14.2 Å². The van der Waals surface area contributed by atoms with Crippen molar-refractivity contribution in [3.8, 4) is 0 Å². The summed E-state index contributed by atoms with van der Waals surface area (Å²) in [5, 5.41) is 4.13. The van der Waals surface area contributed by atoms with Crippen LogP contribution in [0.5, 0.6) is 0 Å². The monoisotopic (exact) mass is 523 g/mol. The Morgan fingerprint density at radius 1 is 1.25 bits per heavy atom. The van der Waals surface area contributed by atoms with Gasteiger partial charge in [-0.25, -0.2) is 4.98 Å². The number of carbonyl (C=O) groups excluding carboxylic acids is 1. The molecule has 4 aromatic rings. The summed E-state index contributed by atoms with van der Waals surface area (Å²) in [6.07, 6.45) is 3.11. The quantitative estimate of drug-likeness (QED) is 0.251. The summed E-state index contributed by atoms with van der Waals surface area (Å²) in [5.41, 5.74) is 2.20. The molecule has 0 bridgehead atoms. The zero-order valence-electron chi connectivity index (χ0n) is 20.4. The van der Waals surface area contributed by atoms with E-state index in [1.54, 1.807) is 16.9 Å². The highest BCUT2D eigenvalue weighted by Gasteiger charge is 2.28. The van der Waals surface area contributed by atoms with E-state index < -0.39 is 0 Å². The van der Waals surface area contributed by atoms with Gasteiger partial charge in [0, 0.05) is 17.8 Å². The van der Waals surface area contributed by atoms with Crippen LogP contribution in [0.25, 0.3) is 10.2 Å². The molecule has 0 unspecified atom stereocenters. The van der Waals surface area contributed by atoms with Gasteiger partial charge >= 0.3 is 0 Å². The molecule has 0 saturated heterocycles. The van der Waals surface area contributed by atoms with Crippen molar-refractivity contribution >= 4 is 39.2 Å². The van der Waals surface area contributed by atoms with E-state index in [2.05, 4.69) is 31.3 Å². The fourth-order valence-electron chi connectivity index (χ4n) is 4.34. The molecule has 3 aromatic heterocycles. The van der Waals surface area contributed by atoms with E-state index in [-0.39, 0.29) is 23.3 Å². The number of fused-ring (bicyclic) bond motifs is 3. The minimum Gasteiger partial charge on any atom is -0.467 e. The highest BCUT2D eigenvalue weighted by atomic mass is 32.2. The molecule has 4 heterocycles. The van der Waals surface area contributed by atoms with Crippen LogP contribution < -0.4 is 10.9 Å². The number of benzene rings is 1. The van der Waals surface area contributed by atoms with Crippen LogP contribution in [0.4, 0.5) is 0 Å². The Morgan fingerprint density at radius 2 is 2.08 bits per heavy atom. The van der Waals surface area contributed by atoms with Crippen molar-refractivity contribution in [2.24, 2.45) is 5.92 Å². The Labute approximate surface area is 217 Å². The van der Waals surface area contributed by atoms with Gasteiger partial charge in [-0.1, -0.05) is 55.9 Å². The van der Waals surface area contributed by atoms with Crippen molar-refractivity contribution in [3.63, 3.8) is 0 Å². The summed E-state index contributed by atoms with van der Waals surface area (Å²) in [7, 11) is 0. The number of thioether (sulfide) groups is 1. The first-order valence-electron chi connectivity index (χ1n) is 12.1. The molecular formula is C27H29N3O4S2. The molecule has 1 N–H and O–H groups in total. The lowest BCUT2D eigenvalue weighted by atomic mass is 9.96. The zero-order chi connectivity index (χ0) is 25.1. The van der Waals surface area contributed by atoms with Crippen molar-refractivity contribution < 1.29 is 13.9 Å². The highest BCUT2D eigenvalue weighted by molar-refractivity contribution is 7.99. The Kier molecular flexibility index (Phi) is 7.59. The Bertz CT molecular complexity index is 1390. The van der Waals surface area contributed by atoms with Crippen LogP contribution in [0.2, 0.25) is 0 Å². The zero-order valence-corrected chi connectivity index (χ0v) is 22.0. The van der Waals surface area contributed by atoms with Crippen LogP contribution >= 0.6 is 23.1 Å². The summed E-state index contributed by atoms with van der Waals surface area (Å²) < 4.78 is 13.1. The number of hydrogen-bond donors (Lipinski definition) is 1. The van der Waals surface area contributed by atoms with Gasteiger partial charge in [0.15, 0.2) is 5.16 Å². The molecule has 0 saturated carbocycles. The van der Waals surface area contributed by atoms with E-state index in [9.17, 15) is 9.59 Å². The van der Waals surface area contributed by atoms with Crippen LogP contribution in [-0.2, 0) is 42.1 Å². The molecule has 1 amide bonds. The van der Waals surface area contributed by atoms with Crippen molar-refractivity contribution in [3.05, 3.63) is 80.8 Å². The van der Waals surface area contributed by atoms with E-state index >= 15 is 0 Å². The molecule has 0 fully saturated rings. The number of nitrogens with zero attached hydrogens (tertiary/aromatic N) is 2. The molecule has 0 aliphatic carbocycles. The molecule has 1 aromatic carbocycles. The average molecular weight is 524 g/mol. The number of aryl methyl sites for hydroxylation is 1. The van der Waals surface area contributed by atoms with Crippen molar-refractivity contribution in [2.45, 2.75) is 57.6 Å². The third-order valence-corrected chi connectivity index (χ3v) is 8.45. The number of aromatic nitrogens is 2. The fourth-order valence-corrected chi connectivity index (χ4v) is 6.36. The number of ether oxygens (including phenoxy) is 1. The Morgan fingerprint density at radius 3 is 2.83 bits per heavy atom. The number of thiophene rings is 1. The standard InChI is InChI=1S/C27H29N3O4S2/c1-17(2)21-13-20-22(15-34-21)36-25-24(20)26(32)30(11-10-18-7-4-3-5-8-18)27(29-25)35-16-23(31)28-14-19-9-6-12-33-19/h3-9,12,17,21H,10-11,13-16H2,1-2H3,(H,28,31)/t21-/m0/s1. The number of nitrogens with one attached hydrogen (secondary N) is 1. The van der Waals surface area contributed by atoms with Crippen molar-refractivity contribution in [1.29, 1.82) is 0 Å². The molecule has 9 heteroatoms. The van der Waals surface area contributed by atoms with Gasteiger partial charge in [0.2, 0.25) is 5.91 Å². The first-order chi connectivity index (χ1) is 17.5. The summed E-state index contributed by atoms with van der Waals surface area (Å²) in [5.74, 6) is 1.08. The lowest BCUT2D eigenvalue weighted by Crippen LogP contribution is -2.29. The molecule has 1 aliphatic heterocycles. The van der Waals surface area contributed by atoms with Gasteiger partial charge in [-0.2, -0.15) is 0 Å². The summed E-state index contributed by atoms with van der Waals surface area (Å²) in [6, 6.07) is 13.7. The number of hydrogen-bond acceptors (Lipinski definition) is 7. The van der Waals surface area contributed by atoms with Gasteiger partial charge in [0.05, 0.1) is 36.7 Å². The van der Waals surface area contributed by atoms with Crippen LogP contribution in [-0.4, -0.2) is 27.3 Å². The molecule has 7 nitrogen and oxygen atoms in total. The van der Waals surface area contributed by atoms with Crippen LogP contribution in [0, 0.1) is 5.92 Å². The SMILES string of the molecule is CC(C)[C@@H]1Cc2c(sc3nc(SCC(=O)NCc4ccco4)n(CCc4ccccc4)c(=O)c23)CO1. The largest absolute Gasteiger partial charge is 0.467 e. The fraction of sp³-hybridized carbons (Fsp3) is 0.370. The molecule has 1 atom stereocenters. The normalized spacial score (nSPS) is 15.4. The van der Waals surface area contributed by atoms with E-state index in [0.29, 0.717) is 48.3 Å².